The van der Waals surface area contributed by atoms with E-state index in [4.69, 9.17) is 10.3 Å². The Labute approximate surface area is 180 Å². The first kappa shape index (κ1) is 22.3. The van der Waals surface area contributed by atoms with Crippen molar-refractivity contribution in [2.24, 2.45) is 11.0 Å². The van der Waals surface area contributed by atoms with Crippen molar-refractivity contribution >= 4 is 22.0 Å². The molecule has 0 spiro atoms. The van der Waals surface area contributed by atoms with Gasteiger partial charge in [-0.15, -0.1) is 6.58 Å². The third-order valence-corrected chi connectivity index (χ3v) is 6.42. The molecule has 1 saturated heterocycles. The van der Waals surface area contributed by atoms with E-state index in [9.17, 15) is 13.2 Å². The smallest absolute Gasteiger partial charge is 0.320 e. The lowest BCUT2D eigenvalue weighted by molar-refractivity contribution is -0.152. The molecule has 0 radical (unpaired) electrons. The van der Waals surface area contributed by atoms with E-state index in [1.807, 2.05) is 6.07 Å². The Morgan fingerprint density at radius 3 is 2.74 bits per heavy atom. The zero-order valence-corrected chi connectivity index (χ0v) is 17.5. The van der Waals surface area contributed by atoms with Crippen molar-refractivity contribution in [1.82, 2.24) is 9.29 Å². The molecule has 0 saturated carbocycles. The van der Waals surface area contributed by atoms with Crippen molar-refractivity contribution in [3.8, 4) is 0 Å². The van der Waals surface area contributed by atoms with Crippen molar-refractivity contribution in [2.75, 3.05) is 17.8 Å². The van der Waals surface area contributed by atoms with Crippen molar-refractivity contribution in [3.05, 3.63) is 83.4 Å². The Bertz CT molecular complexity index is 1070. The minimum atomic E-state index is -4.06. The van der Waals surface area contributed by atoms with Crippen molar-refractivity contribution < 1.29 is 17.9 Å². The summed E-state index contributed by atoms with van der Waals surface area (Å²) >= 11 is 0. The second-order valence-electron chi connectivity index (χ2n) is 7.01. The average Bonchev–Trinajstić information content (AvgIpc) is 3.14. The number of carbonyl (C=O) groups excluding carboxylic acids is 1. The second kappa shape index (κ2) is 9.61. The molecule has 31 heavy (non-hydrogen) atoms. The summed E-state index contributed by atoms with van der Waals surface area (Å²) in [6.07, 6.45) is 3.27. The first-order chi connectivity index (χ1) is 14.9. The van der Waals surface area contributed by atoms with E-state index in [2.05, 4.69) is 26.3 Å². The number of esters is 1. The SMILES string of the molecule is C=CC[C@H]1CN(S(=O)(=O)Nc2ccccn2)C[C@@]1(N=[N+]=[N-])C(=O)OCc1ccccc1. The summed E-state index contributed by atoms with van der Waals surface area (Å²) in [6, 6.07) is 13.8. The van der Waals surface area contributed by atoms with E-state index >= 15 is 0 Å². The fourth-order valence-electron chi connectivity index (χ4n) is 3.45. The van der Waals surface area contributed by atoms with Crippen LogP contribution in [0.15, 0.2) is 72.5 Å². The van der Waals surface area contributed by atoms with Gasteiger partial charge in [0.1, 0.15) is 12.4 Å². The van der Waals surface area contributed by atoms with E-state index in [-0.39, 0.29) is 31.9 Å². The summed E-state index contributed by atoms with van der Waals surface area (Å²) in [7, 11) is -4.06. The van der Waals surface area contributed by atoms with Gasteiger partial charge in [-0.1, -0.05) is 47.6 Å². The number of anilines is 1. The lowest BCUT2D eigenvalue weighted by atomic mass is 9.85. The van der Waals surface area contributed by atoms with E-state index in [0.29, 0.717) is 0 Å². The number of benzene rings is 1. The zero-order chi connectivity index (χ0) is 22.3. The summed E-state index contributed by atoms with van der Waals surface area (Å²) in [6.45, 7) is 3.25. The van der Waals surface area contributed by atoms with Crippen molar-refractivity contribution in [1.29, 1.82) is 0 Å². The molecule has 1 aromatic heterocycles. The summed E-state index contributed by atoms with van der Waals surface area (Å²) in [5.41, 5.74) is 8.21. The van der Waals surface area contributed by atoms with Gasteiger partial charge in [0.15, 0.2) is 5.54 Å². The molecular formula is C20H22N6O4S. The monoisotopic (exact) mass is 442 g/mol. The number of hydrogen-bond donors (Lipinski definition) is 1. The number of ether oxygens (including phenoxy) is 1. The van der Waals surface area contributed by atoms with Crippen LogP contribution in [0.1, 0.15) is 12.0 Å². The van der Waals surface area contributed by atoms with Gasteiger partial charge < -0.3 is 4.74 Å². The second-order valence-corrected chi connectivity index (χ2v) is 8.68. The molecule has 2 atom stereocenters. The molecule has 3 rings (SSSR count). The molecule has 1 aliphatic rings. The molecule has 2 aromatic rings. The molecule has 0 bridgehead atoms. The van der Waals surface area contributed by atoms with Crippen LogP contribution >= 0.6 is 0 Å². The largest absolute Gasteiger partial charge is 0.460 e. The summed E-state index contributed by atoms with van der Waals surface area (Å²) < 4.78 is 34.7. The Morgan fingerprint density at radius 1 is 1.35 bits per heavy atom. The quantitative estimate of drug-likeness (QED) is 0.209. The number of aromatic nitrogens is 1. The maximum Gasteiger partial charge on any atom is 0.320 e. The van der Waals surface area contributed by atoms with E-state index < -0.39 is 27.6 Å². The Kier molecular flexibility index (Phi) is 6.91. The molecule has 162 valence electrons. The molecule has 1 aromatic carbocycles. The number of allylic oxidation sites excluding steroid dienone is 1. The van der Waals surface area contributed by atoms with Crippen LogP contribution in [-0.2, 0) is 26.3 Å². The van der Waals surface area contributed by atoms with Crippen LogP contribution < -0.4 is 4.72 Å². The van der Waals surface area contributed by atoms with Crippen LogP contribution in [-0.4, -0.2) is 42.3 Å². The molecule has 10 nitrogen and oxygen atoms in total. The minimum Gasteiger partial charge on any atom is -0.460 e. The molecule has 0 aliphatic carbocycles. The van der Waals surface area contributed by atoms with Gasteiger partial charge in [0.2, 0.25) is 0 Å². The maximum atomic E-state index is 13.1. The predicted octanol–water partition coefficient (Wildman–Crippen LogP) is 3.04. The number of rotatable bonds is 9. The van der Waals surface area contributed by atoms with Crippen LogP contribution in [0, 0.1) is 5.92 Å². The molecule has 1 fully saturated rings. The first-order valence-electron chi connectivity index (χ1n) is 9.48. The Morgan fingerprint density at radius 2 is 2.10 bits per heavy atom. The van der Waals surface area contributed by atoms with Gasteiger partial charge in [-0.2, -0.15) is 12.7 Å². The van der Waals surface area contributed by atoms with Crippen molar-refractivity contribution in [3.63, 3.8) is 0 Å². The van der Waals surface area contributed by atoms with Crippen LogP contribution in [0.3, 0.4) is 0 Å². The Hall–Kier alpha value is -3.40. The third kappa shape index (κ3) is 5.02. The number of carbonyl (C=O) groups is 1. The highest BCUT2D eigenvalue weighted by Crippen LogP contribution is 2.37. The minimum absolute atomic E-state index is 0.0257. The summed E-state index contributed by atoms with van der Waals surface area (Å²) in [5, 5.41) is 3.75. The average molecular weight is 443 g/mol. The molecular weight excluding hydrogens is 420 g/mol. The van der Waals surface area contributed by atoms with E-state index in [0.717, 1.165) is 9.87 Å². The third-order valence-electron chi connectivity index (χ3n) is 5.00. The van der Waals surface area contributed by atoms with Crippen LogP contribution in [0.25, 0.3) is 10.4 Å². The predicted molar refractivity (Wildman–Crippen MR) is 115 cm³/mol. The number of pyridine rings is 1. The Balaban J connectivity index is 1.86. The molecule has 2 heterocycles. The molecule has 11 heteroatoms. The fourth-order valence-corrected chi connectivity index (χ4v) is 4.70. The van der Waals surface area contributed by atoms with Gasteiger partial charge >= 0.3 is 16.2 Å². The topological polar surface area (TPSA) is 137 Å². The zero-order valence-electron chi connectivity index (χ0n) is 16.7. The van der Waals surface area contributed by atoms with Crippen LogP contribution in [0.4, 0.5) is 5.82 Å². The maximum absolute atomic E-state index is 13.1. The van der Waals surface area contributed by atoms with Gasteiger partial charge in [-0.05, 0) is 35.6 Å². The summed E-state index contributed by atoms with van der Waals surface area (Å²) in [5.74, 6) is -1.28. The molecule has 1 N–H and O–H groups in total. The fraction of sp³-hybridized carbons (Fsp3) is 0.300. The van der Waals surface area contributed by atoms with E-state index in [1.54, 1.807) is 42.5 Å². The lowest BCUT2D eigenvalue weighted by Gasteiger charge is -2.26. The molecule has 0 unspecified atom stereocenters. The highest BCUT2D eigenvalue weighted by molar-refractivity contribution is 7.90. The van der Waals surface area contributed by atoms with Gasteiger partial charge in [0, 0.05) is 24.2 Å². The van der Waals surface area contributed by atoms with Gasteiger partial charge in [0.25, 0.3) is 0 Å². The highest BCUT2D eigenvalue weighted by Gasteiger charge is 2.55. The highest BCUT2D eigenvalue weighted by atomic mass is 32.2. The van der Waals surface area contributed by atoms with Crippen LogP contribution in [0.2, 0.25) is 0 Å². The number of azide groups is 1. The first-order valence-corrected chi connectivity index (χ1v) is 10.9. The lowest BCUT2D eigenvalue weighted by Crippen LogP contribution is -2.46. The number of nitrogens with zero attached hydrogens (tertiary/aromatic N) is 5. The molecule has 1 aliphatic heterocycles. The van der Waals surface area contributed by atoms with Gasteiger partial charge in [0.05, 0.1) is 0 Å². The van der Waals surface area contributed by atoms with Gasteiger partial charge in [-0.25, -0.2) is 4.98 Å². The standard InChI is InChI=1S/C20H22N6O4S/c1-2-8-17-13-26(31(28,29)23-18-11-6-7-12-22-18)15-20(17,24-25-21)19(27)30-14-16-9-4-3-5-10-16/h2-7,9-12,17H,1,8,13-15H2,(H,22,23)/t17-,20-/m0/s1. The van der Waals surface area contributed by atoms with Gasteiger partial charge in [-0.3, -0.25) is 9.52 Å². The van der Waals surface area contributed by atoms with E-state index in [1.165, 1.54) is 12.3 Å². The summed E-state index contributed by atoms with van der Waals surface area (Å²) in [4.78, 5) is 19.9. The normalized spacial score (nSPS) is 21.1. The number of hydrogen-bond acceptors (Lipinski definition) is 6. The number of nitrogens with one attached hydrogen (secondary N) is 1. The molecule has 0 amide bonds. The van der Waals surface area contributed by atoms with Crippen molar-refractivity contribution in [2.45, 2.75) is 18.6 Å². The van der Waals surface area contributed by atoms with Crippen LogP contribution in [0.5, 0.6) is 0 Å².